The summed E-state index contributed by atoms with van der Waals surface area (Å²) in [5, 5.41) is 6.88. The number of carbonyl (C=O) groups excluding carboxylic acids is 2. The van der Waals surface area contributed by atoms with Crippen LogP contribution in [0.4, 0.5) is 11.4 Å². The first-order valence-corrected chi connectivity index (χ1v) is 11.6. The molecule has 9 heteroatoms. The molecule has 31 heavy (non-hydrogen) atoms. The molecule has 0 radical (unpaired) electrons. The summed E-state index contributed by atoms with van der Waals surface area (Å²) in [6, 6.07) is 14.6. The Bertz CT molecular complexity index is 1150. The monoisotopic (exact) mass is 516 g/mol. The SMILES string of the molecule is CCN1C(=O)/C(=C/[C@@H]2C(=O)N(c3ccccc3)N=C2C)SC1=Nc1ccc(Br)c(Cl)c1. The number of hydrogen-bond acceptors (Lipinski definition) is 5. The van der Waals surface area contributed by atoms with E-state index in [0.717, 1.165) is 4.47 Å². The van der Waals surface area contributed by atoms with Gasteiger partial charge >= 0.3 is 0 Å². The third-order valence-corrected chi connectivity index (χ3v) is 7.09. The summed E-state index contributed by atoms with van der Waals surface area (Å²) in [7, 11) is 0. The number of carbonyl (C=O) groups is 2. The molecule has 1 atom stereocenters. The first kappa shape index (κ1) is 21.8. The number of para-hydroxylation sites is 1. The maximum atomic E-state index is 13.0. The van der Waals surface area contributed by atoms with Gasteiger partial charge in [0, 0.05) is 11.0 Å². The van der Waals surface area contributed by atoms with Gasteiger partial charge in [-0.2, -0.15) is 10.1 Å². The second kappa shape index (κ2) is 8.98. The summed E-state index contributed by atoms with van der Waals surface area (Å²) >= 11 is 10.8. The molecule has 2 heterocycles. The number of hydrogen-bond donors (Lipinski definition) is 0. The third kappa shape index (κ3) is 4.33. The topological polar surface area (TPSA) is 65.3 Å². The van der Waals surface area contributed by atoms with Crippen molar-refractivity contribution in [3.63, 3.8) is 0 Å². The number of anilines is 1. The lowest BCUT2D eigenvalue weighted by Gasteiger charge is -2.13. The fourth-order valence-electron chi connectivity index (χ4n) is 3.23. The summed E-state index contributed by atoms with van der Waals surface area (Å²) in [5.41, 5.74) is 1.98. The van der Waals surface area contributed by atoms with Gasteiger partial charge in [-0.1, -0.05) is 29.8 Å². The van der Waals surface area contributed by atoms with Gasteiger partial charge in [-0.05, 0) is 77.9 Å². The Morgan fingerprint density at radius 2 is 1.97 bits per heavy atom. The van der Waals surface area contributed by atoms with Crippen molar-refractivity contribution >= 4 is 73.4 Å². The number of thioether (sulfide) groups is 1. The number of aliphatic imine (C=N–C) groups is 1. The van der Waals surface area contributed by atoms with Crippen molar-refractivity contribution in [1.82, 2.24) is 4.90 Å². The van der Waals surface area contributed by atoms with E-state index in [4.69, 9.17) is 11.6 Å². The number of likely N-dealkylation sites (N-methyl/N-ethyl adjacent to an activating group) is 1. The molecule has 0 aromatic heterocycles. The number of nitrogens with zero attached hydrogens (tertiary/aromatic N) is 4. The zero-order chi connectivity index (χ0) is 22.1. The molecule has 0 saturated carbocycles. The van der Waals surface area contributed by atoms with Crippen LogP contribution in [0.2, 0.25) is 5.02 Å². The Balaban J connectivity index is 1.62. The lowest BCUT2D eigenvalue weighted by atomic mass is 10.0. The Morgan fingerprint density at radius 1 is 1.23 bits per heavy atom. The second-order valence-corrected chi connectivity index (χ2v) is 9.15. The van der Waals surface area contributed by atoms with E-state index in [-0.39, 0.29) is 11.8 Å². The number of benzene rings is 2. The number of halogens is 2. The zero-order valence-corrected chi connectivity index (χ0v) is 19.9. The van der Waals surface area contributed by atoms with Gasteiger partial charge in [0.25, 0.3) is 11.8 Å². The molecule has 1 fully saturated rings. The predicted molar refractivity (Wildman–Crippen MR) is 130 cm³/mol. The van der Waals surface area contributed by atoms with Crippen molar-refractivity contribution in [2.24, 2.45) is 16.0 Å². The summed E-state index contributed by atoms with van der Waals surface area (Å²) < 4.78 is 0.777. The van der Waals surface area contributed by atoms with Crippen molar-refractivity contribution in [2.75, 3.05) is 11.6 Å². The Hall–Kier alpha value is -2.42. The average molecular weight is 518 g/mol. The van der Waals surface area contributed by atoms with E-state index < -0.39 is 5.92 Å². The van der Waals surface area contributed by atoms with Crippen molar-refractivity contribution in [2.45, 2.75) is 13.8 Å². The van der Waals surface area contributed by atoms with Gasteiger partial charge < -0.3 is 0 Å². The maximum absolute atomic E-state index is 13.0. The molecule has 4 rings (SSSR count). The predicted octanol–water partition coefficient (Wildman–Crippen LogP) is 5.61. The minimum atomic E-state index is -0.591. The lowest BCUT2D eigenvalue weighted by molar-refractivity contribution is -0.122. The molecule has 2 amide bonds. The van der Waals surface area contributed by atoms with Gasteiger partial charge in [0.1, 0.15) is 0 Å². The molecule has 2 aliphatic heterocycles. The van der Waals surface area contributed by atoms with Crippen LogP contribution in [0.25, 0.3) is 0 Å². The second-order valence-electron chi connectivity index (χ2n) is 6.88. The fourth-order valence-corrected chi connectivity index (χ4v) is 4.72. The van der Waals surface area contributed by atoms with Crippen LogP contribution in [0.5, 0.6) is 0 Å². The van der Waals surface area contributed by atoms with E-state index in [1.54, 1.807) is 24.0 Å². The molecule has 158 valence electrons. The number of rotatable bonds is 4. The molecule has 0 unspecified atom stereocenters. The first-order chi connectivity index (χ1) is 14.9. The highest BCUT2D eigenvalue weighted by Crippen LogP contribution is 2.36. The van der Waals surface area contributed by atoms with Crippen molar-refractivity contribution < 1.29 is 9.59 Å². The van der Waals surface area contributed by atoms with Gasteiger partial charge in [-0.3, -0.25) is 14.5 Å². The molecule has 0 spiro atoms. The van der Waals surface area contributed by atoms with E-state index in [1.807, 2.05) is 49.4 Å². The molecule has 2 aliphatic rings. The molecule has 0 bridgehead atoms. The minimum absolute atomic E-state index is 0.173. The smallest absolute Gasteiger partial charge is 0.266 e. The van der Waals surface area contributed by atoms with Gasteiger partial charge in [0.2, 0.25) is 0 Å². The molecule has 1 saturated heterocycles. The normalized spacial score (nSPS) is 21.5. The largest absolute Gasteiger partial charge is 0.287 e. The van der Waals surface area contributed by atoms with Gasteiger partial charge in [0.15, 0.2) is 5.17 Å². The number of amidine groups is 1. The van der Waals surface area contributed by atoms with Crippen LogP contribution in [-0.4, -0.2) is 34.1 Å². The van der Waals surface area contributed by atoms with Crippen LogP contribution in [-0.2, 0) is 9.59 Å². The molecular formula is C22H18BrClN4O2S. The van der Waals surface area contributed by atoms with Crippen LogP contribution in [0.15, 0.2) is 74.1 Å². The van der Waals surface area contributed by atoms with Crippen molar-refractivity contribution in [1.29, 1.82) is 0 Å². The van der Waals surface area contributed by atoms with E-state index in [2.05, 4.69) is 26.0 Å². The molecule has 2 aromatic rings. The summed E-state index contributed by atoms with van der Waals surface area (Å²) in [6.45, 7) is 4.15. The average Bonchev–Trinajstić information content (AvgIpc) is 3.21. The molecule has 0 aliphatic carbocycles. The Morgan fingerprint density at radius 3 is 2.65 bits per heavy atom. The first-order valence-electron chi connectivity index (χ1n) is 9.58. The molecule has 0 N–H and O–H groups in total. The molecule has 6 nitrogen and oxygen atoms in total. The van der Waals surface area contributed by atoms with Crippen molar-refractivity contribution in [3.8, 4) is 0 Å². The van der Waals surface area contributed by atoms with Crippen LogP contribution in [0, 0.1) is 5.92 Å². The van der Waals surface area contributed by atoms with E-state index in [9.17, 15) is 9.59 Å². The van der Waals surface area contributed by atoms with Gasteiger partial charge in [-0.15, -0.1) is 0 Å². The van der Waals surface area contributed by atoms with Gasteiger partial charge in [-0.25, -0.2) is 4.99 Å². The lowest BCUT2D eigenvalue weighted by Crippen LogP contribution is -2.29. The standard InChI is InChI=1S/C22H18BrClN4O2S/c1-3-27-21(30)19(31-22(27)25-14-9-10-17(23)18(24)11-14)12-16-13(2)26-28(20(16)29)15-7-5-4-6-8-15/h4-12,16H,3H2,1-2H3/b19-12-,25-22?/t16-/m0/s1. The van der Waals surface area contributed by atoms with Crippen molar-refractivity contribution in [3.05, 3.63) is 69.0 Å². The van der Waals surface area contributed by atoms with Crippen LogP contribution >= 0.6 is 39.3 Å². The Labute approximate surface area is 197 Å². The van der Waals surface area contributed by atoms with E-state index in [0.29, 0.717) is 38.7 Å². The highest BCUT2D eigenvalue weighted by Gasteiger charge is 2.38. The van der Waals surface area contributed by atoms with E-state index in [1.165, 1.54) is 16.8 Å². The summed E-state index contributed by atoms with van der Waals surface area (Å²) in [4.78, 5) is 32.6. The van der Waals surface area contributed by atoms with E-state index >= 15 is 0 Å². The van der Waals surface area contributed by atoms with Crippen LogP contribution in [0.3, 0.4) is 0 Å². The van der Waals surface area contributed by atoms with Crippen LogP contribution in [0.1, 0.15) is 13.8 Å². The Kier molecular flexibility index (Phi) is 6.31. The van der Waals surface area contributed by atoms with Crippen LogP contribution < -0.4 is 5.01 Å². The molecular weight excluding hydrogens is 500 g/mol. The highest BCUT2D eigenvalue weighted by atomic mass is 79.9. The maximum Gasteiger partial charge on any atom is 0.266 e. The van der Waals surface area contributed by atoms with Gasteiger partial charge in [0.05, 0.1) is 32.9 Å². The number of hydrazone groups is 1. The quantitative estimate of drug-likeness (QED) is 0.495. The fraction of sp³-hybridized carbons (Fsp3) is 0.182. The summed E-state index contributed by atoms with van der Waals surface area (Å²) in [5.74, 6) is -0.946. The molecule has 2 aromatic carbocycles. The third-order valence-electron chi connectivity index (χ3n) is 4.83. The highest BCUT2D eigenvalue weighted by molar-refractivity contribution is 9.10. The number of amides is 2. The summed E-state index contributed by atoms with van der Waals surface area (Å²) in [6.07, 6.45) is 1.69. The minimum Gasteiger partial charge on any atom is -0.287 e. The zero-order valence-electron chi connectivity index (χ0n) is 16.8.